The van der Waals surface area contributed by atoms with Gasteiger partial charge < -0.3 is 4.74 Å². The summed E-state index contributed by atoms with van der Waals surface area (Å²) in [5, 5.41) is 7.04. The summed E-state index contributed by atoms with van der Waals surface area (Å²) in [7, 11) is 0. The molecule has 0 aromatic carbocycles. The van der Waals surface area contributed by atoms with Crippen molar-refractivity contribution in [2.75, 3.05) is 6.61 Å². The van der Waals surface area contributed by atoms with Crippen molar-refractivity contribution in [2.45, 2.75) is 33.1 Å². The van der Waals surface area contributed by atoms with Gasteiger partial charge in [-0.25, -0.2) is 0 Å². The van der Waals surface area contributed by atoms with Crippen LogP contribution in [0.2, 0.25) is 0 Å². The molecular formula is C8H14N2O2. The molecule has 12 heavy (non-hydrogen) atoms. The van der Waals surface area contributed by atoms with Crippen LogP contribution >= 0.6 is 0 Å². The molecule has 68 valence electrons. The summed E-state index contributed by atoms with van der Waals surface area (Å²) in [5.41, 5.74) is 0.714. The predicted molar refractivity (Wildman–Crippen MR) is 44.1 cm³/mol. The highest BCUT2D eigenvalue weighted by Gasteiger charge is 2.04. The minimum Gasteiger partial charge on any atom is -0.462 e. The van der Waals surface area contributed by atoms with E-state index in [1.54, 1.807) is 0 Å². The molecule has 1 heterocycles. The average Bonchev–Trinajstić information content (AvgIpc) is 2.46. The Morgan fingerprint density at radius 1 is 1.42 bits per heavy atom. The summed E-state index contributed by atoms with van der Waals surface area (Å²) in [4.78, 5) is 0. The number of unbranched alkanes of at least 4 members (excludes halogenated alkanes) is 2. The molecule has 0 atom stereocenters. The van der Waals surface area contributed by atoms with Crippen LogP contribution in [0.3, 0.4) is 0 Å². The van der Waals surface area contributed by atoms with E-state index in [1.165, 1.54) is 12.8 Å². The average molecular weight is 170 g/mol. The largest absolute Gasteiger partial charge is 0.462 e. The maximum Gasteiger partial charge on any atom is 0.335 e. The van der Waals surface area contributed by atoms with Crippen LogP contribution in [0.1, 0.15) is 31.9 Å². The maximum atomic E-state index is 5.29. The summed E-state index contributed by atoms with van der Waals surface area (Å²) in [6.07, 6.45) is 3.42. The first-order valence-electron chi connectivity index (χ1n) is 4.26. The number of hydrogen-bond acceptors (Lipinski definition) is 4. The normalized spacial score (nSPS) is 10.2. The van der Waals surface area contributed by atoms with Crippen molar-refractivity contribution >= 4 is 0 Å². The van der Waals surface area contributed by atoms with Crippen molar-refractivity contribution in [1.82, 2.24) is 10.4 Å². The Morgan fingerprint density at radius 2 is 2.25 bits per heavy atom. The van der Waals surface area contributed by atoms with E-state index in [1.807, 2.05) is 6.92 Å². The zero-order valence-electron chi connectivity index (χ0n) is 7.54. The van der Waals surface area contributed by atoms with Gasteiger partial charge in [0, 0.05) is 5.27 Å². The summed E-state index contributed by atoms with van der Waals surface area (Å²) in [6.45, 7) is 4.65. The number of hydrogen-bond donors (Lipinski definition) is 0. The summed E-state index contributed by atoms with van der Waals surface area (Å²) >= 11 is 0. The monoisotopic (exact) mass is 170 g/mol. The van der Waals surface area contributed by atoms with Crippen LogP contribution in [0, 0.1) is 6.92 Å². The van der Waals surface area contributed by atoms with Gasteiger partial charge in [0.2, 0.25) is 0 Å². The summed E-state index contributed by atoms with van der Waals surface area (Å²) < 4.78 is 10.0. The van der Waals surface area contributed by atoms with E-state index >= 15 is 0 Å². The molecule has 1 aromatic rings. The third-order valence-electron chi connectivity index (χ3n) is 1.59. The van der Waals surface area contributed by atoms with E-state index in [0.29, 0.717) is 18.2 Å². The highest BCUT2D eigenvalue weighted by Crippen LogP contribution is 2.13. The minimum absolute atomic E-state index is 0.450. The van der Waals surface area contributed by atoms with E-state index in [0.717, 1.165) is 6.42 Å². The lowest BCUT2D eigenvalue weighted by atomic mass is 10.3. The highest BCUT2D eigenvalue weighted by atomic mass is 16.6. The molecule has 0 saturated heterocycles. The van der Waals surface area contributed by atoms with Crippen LogP contribution in [0.5, 0.6) is 5.95 Å². The molecule has 4 heteroatoms. The zero-order chi connectivity index (χ0) is 8.81. The van der Waals surface area contributed by atoms with E-state index in [9.17, 15) is 0 Å². The second-order valence-corrected chi connectivity index (χ2v) is 2.70. The topological polar surface area (TPSA) is 48.2 Å². The first-order valence-corrected chi connectivity index (χ1v) is 4.26. The van der Waals surface area contributed by atoms with Gasteiger partial charge in [-0.15, -0.1) is 5.10 Å². The molecule has 0 aliphatic heterocycles. The van der Waals surface area contributed by atoms with Gasteiger partial charge in [-0.05, 0) is 13.3 Å². The number of rotatable bonds is 5. The number of nitrogens with zero attached hydrogens (tertiary/aromatic N) is 2. The summed E-state index contributed by atoms with van der Waals surface area (Å²) in [5.74, 6) is 0.450. The van der Waals surface area contributed by atoms with Crippen molar-refractivity contribution in [3.8, 4) is 5.95 Å². The molecule has 1 aromatic heterocycles. The molecular weight excluding hydrogens is 156 g/mol. The van der Waals surface area contributed by atoms with E-state index in [2.05, 4.69) is 17.3 Å². The summed E-state index contributed by atoms with van der Waals surface area (Å²) in [6, 6.07) is 0. The third-order valence-corrected chi connectivity index (χ3v) is 1.59. The minimum atomic E-state index is 0.450. The van der Waals surface area contributed by atoms with Gasteiger partial charge in [0.1, 0.15) is 5.69 Å². The van der Waals surface area contributed by atoms with Gasteiger partial charge in [-0.1, -0.05) is 19.8 Å². The molecule has 1 rings (SSSR count). The molecule has 0 spiro atoms. The van der Waals surface area contributed by atoms with Gasteiger partial charge in [0.25, 0.3) is 0 Å². The van der Waals surface area contributed by atoms with Crippen LogP contribution in [0.4, 0.5) is 0 Å². The third kappa shape index (κ3) is 2.53. The standard InChI is InChI=1S/C8H14N2O2/c1-3-4-5-6-11-8-7(2)9-10-12-8/h3-6H2,1-2H3. The first-order chi connectivity index (χ1) is 5.84. The fraction of sp³-hybridized carbons (Fsp3) is 0.750. The molecule has 0 unspecified atom stereocenters. The number of aryl methyl sites for hydroxylation is 1. The van der Waals surface area contributed by atoms with Crippen LogP contribution in [0.15, 0.2) is 4.52 Å². The van der Waals surface area contributed by atoms with Gasteiger partial charge in [0.15, 0.2) is 0 Å². The lowest BCUT2D eigenvalue weighted by Crippen LogP contribution is -1.96. The van der Waals surface area contributed by atoms with Crippen LogP contribution < -0.4 is 4.74 Å². The van der Waals surface area contributed by atoms with E-state index < -0.39 is 0 Å². The Balaban J connectivity index is 2.20. The van der Waals surface area contributed by atoms with Crippen molar-refractivity contribution < 1.29 is 9.26 Å². The number of ether oxygens (including phenoxy) is 1. The molecule has 0 amide bonds. The number of aromatic nitrogens is 2. The first kappa shape index (κ1) is 9.03. The van der Waals surface area contributed by atoms with Crippen molar-refractivity contribution in [2.24, 2.45) is 0 Å². The lowest BCUT2D eigenvalue weighted by molar-refractivity contribution is 0.205. The second kappa shape index (κ2) is 4.74. The molecule has 0 fully saturated rings. The van der Waals surface area contributed by atoms with Gasteiger partial charge in [-0.2, -0.15) is 0 Å². The van der Waals surface area contributed by atoms with Crippen LogP contribution in [-0.2, 0) is 0 Å². The van der Waals surface area contributed by atoms with Crippen LogP contribution in [0.25, 0.3) is 0 Å². The highest BCUT2D eigenvalue weighted by molar-refractivity contribution is 5.08. The van der Waals surface area contributed by atoms with Gasteiger partial charge in [0.05, 0.1) is 6.61 Å². The fourth-order valence-corrected chi connectivity index (χ4v) is 0.873. The van der Waals surface area contributed by atoms with Crippen LogP contribution in [-0.4, -0.2) is 17.0 Å². The Kier molecular flexibility index (Phi) is 3.57. The van der Waals surface area contributed by atoms with E-state index in [-0.39, 0.29) is 0 Å². The predicted octanol–water partition coefficient (Wildman–Crippen LogP) is 1.95. The molecule has 0 radical (unpaired) electrons. The second-order valence-electron chi connectivity index (χ2n) is 2.70. The van der Waals surface area contributed by atoms with Crippen molar-refractivity contribution in [3.05, 3.63) is 5.69 Å². The molecule has 0 aliphatic carbocycles. The zero-order valence-corrected chi connectivity index (χ0v) is 7.54. The van der Waals surface area contributed by atoms with Gasteiger partial charge in [-0.3, -0.25) is 4.52 Å². The van der Waals surface area contributed by atoms with Crippen molar-refractivity contribution in [1.29, 1.82) is 0 Å². The molecule has 0 aliphatic rings. The molecule has 0 bridgehead atoms. The Morgan fingerprint density at radius 3 is 2.83 bits per heavy atom. The SMILES string of the molecule is CCCCCOc1onnc1C. The molecule has 0 N–H and O–H groups in total. The Bertz CT molecular complexity index is 223. The Hall–Kier alpha value is -1.06. The maximum absolute atomic E-state index is 5.29. The molecule has 0 saturated carbocycles. The fourth-order valence-electron chi connectivity index (χ4n) is 0.873. The van der Waals surface area contributed by atoms with Gasteiger partial charge >= 0.3 is 5.95 Å². The Labute approximate surface area is 71.9 Å². The van der Waals surface area contributed by atoms with E-state index in [4.69, 9.17) is 9.26 Å². The van der Waals surface area contributed by atoms with Crippen molar-refractivity contribution in [3.63, 3.8) is 0 Å². The quantitative estimate of drug-likeness (QED) is 0.633. The molecule has 4 nitrogen and oxygen atoms in total. The lowest BCUT2D eigenvalue weighted by Gasteiger charge is -1.99. The smallest absolute Gasteiger partial charge is 0.335 e.